The van der Waals surface area contributed by atoms with Gasteiger partial charge in [0.15, 0.2) is 0 Å². The van der Waals surface area contributed by atoms with Crippen molar-refractivity contribution in [1.82, 2.24) is 0 Å². The normalized spacial score (nSPS) is 9.50. The first-order chi connectivity index (χ1) is 6.69. The van der Waals surface area contributed by atoms with E-state index < -0.39 is 0 Å². The van der Waals surface area contributed by atoms with Crippen LogP contribution in [-0.2, 0) is 6.42 Å². The molecule has 0 aromatic heterocycles. The van der Waals surface area contributed by atoms with Crippen LogP contribution < -0.4 is 0 Å². The minimum Gasteiger partial charge on any atom is -0.198 e. The minimum atomic E-state index is 0.378. The average molecular weight is 184 g/mol. The molecule has 0 radical (unpaired) electrons. The SMILES string of the molecule is CC(C)c1ccc(C#N)cc1CC#N. The molecule has 0 atom stereocenters. The molecule has 0 N–H and O–H groups in total. The third-order valence-electron chi connectivity index (χ3n) is 2.16. The van der Waals surface area contributed by atoms with Crippen molar-refractivity contribution < 1.29 is 0 Å². The van der Waals surface area contributed by atoms with Crippen molar-refractivity contribution >= 4 is 0 Å². The van der Waals surface area contributed by atoms with Crippen LogP contribution in [0.5, 0.6) is 0 Å². The zero-order valence-corrected chi connectivity index (χ0v) is 8.41. The molecule has 2 nitrogen and oxygen atoms in total. The zero-order chi connectivity index (χ0) is 10.6. The summed E-state index contributed by atoms with van der Waals surface area (Å²) in [4.78, 5) is 0. The fourth-order valence-electron chi connectivity index (χ4n) is 1.48. The number of benzene rings is 1. The lowest BCUT2D eigenvalue weighted by Gasteiger charge is -2.10. The van der Waals surface area contributed by atoms with Crippen molar-refractivity contribution in [3.63, 3.8) is 0 Å². The van der Waals surface area contributed by atoms with Crippen LogP contribution in [-0.4, -0.2) is 0 Å². The van der Waals surface area contributed by atoms with Gasteiger partial charge in [0.1, 0.15) is 0 Å². The Morgan fingerprint density at radius 2 is 2.00 bits per heavy atom. The van der Waals surface area contributed by atoms with Crippen molar-refractivity contribution in [2.75, 3.05) is 0 Å². The molecule has 2 heteroatoms. The number of rotatable bonds is 2. The van der Waals surface area contributed by atoms with Crippen LogP contribution in [0, 0.1) is 22.7 Å². The number of hydrogen-bond acceptors (Lipinski definition) is 2. The molecule has 0 fully saturated rings. The Morgan fingerprint density at radius 1 is 1.29 bits per heavy atom. The van der Waals surface area contributed by atoms with Crippen molar-refractivity contribution in [3.8, 4) is 12.1 Å². The highest BCUT2D eigenvalue weighted by molar-refractivity contribution is 5.40. The third-order valence-corrected chi connectivity index (χ3v) is 2.16. The molecule has 0 bridgehead atoms. The lowest BCUT2D eigenvalue weighted by molar-refractivity contribution is 0.851. The van der Waals surface area contributed by atoms with Gasteiger partial charge in [-0.1, -0.05) is 19.9 Å². The van der Waals surface area contributed by atoms with E-state index in [-0.39, 0.29) is 0 Å². The van der Waals surface area contributed by atoms with Gasteiger partial charge in [0.05, 0.1) is 24.1 Å². The van der Waals surface area contributed by atoms with Gasteiger partial charge in [-0.15, -0.1) is 0 Å². The van der Waals surface area contributed by atoms with Gasteiger partial charge in [0.25, 0.3) is 0 Å². The van der Waals surface area contributed by atoms with E-state index in [0.717, 1.165) is 11.1 Å². The van der Waals surface area contributed by atoms with Gasteiger partial charge in [-0.3, -0.25) is 0 Å². The molecule has 0 saturated heterocycles. The van der Waals surface area contributed by atoms with E-state index >= 15 is 0 Å². The molecule has 1 aromatic carbocycles. The van der Waals surface area contributed by atoms with Crippen molar-refractivity contribution in [3.05, 3.63) is 34.9 Å². The van der Waals surface area contributed by atoms with Crippen molar-refractivity contribution in [1.29, 1.82) is 10.5 Å². The van der Waals surface area contributed by atoms with E-state index in [1.54, 1.807) is 12.1 Å². The second-order valence-electron chi connectivity index (χ2n) is 3.51. The van der Waals surface area contributed by atoms with Gasteiger partial charge >= 0.3 is 0 Å². The summed E-state index contributed by atoms with van der Waals surface area (Å²) in [5.74, 6) is 0.395. The Labute approximate surface area is 84.4 Å². The van der Waals surface area contributed by atoms with Gasteiger partial charge in [-0.05, 0) is 29.2 Å². The Morgan fingerprint density at radius 3 is 2.50 bits per heavy atom. The molecule has 1 aromatic rings. The molecular formula is C12H12N2. The first-order valence-electron chi connectivity index (χ1n) is 4.59. The molecule has 0 heterocycles. The third kappa shape index (κ3) is 2.12. The van der Waals surface area contributed by atoms with Gasteiger partial charge in [0.2, 0.25) is 0 Å². The molecule has 1 rings (SSSR count). The maximum atomic E-state index is 8.73. The summed E-state index contributed by atoms with van der Waals surface area (Å²) in [6, 6.07) is 9.75. The smallest absolute Gasteiger partial charge is 0.0991 e. The fraction of sp³-hybridized carbons (Fsp3) is 0.333. The van der Waals surface area contributed by atoms with E-state index in [9.17, 15) is 0 Å². The second kappa shape index (κ2) is 4.44. The quantitative estimate of drug-likeness (QED) is 0.709. The largest absolute Gasteiger partial charge is 0.198 e. The van der Waals surface area contributed by atoms with Crippen LogP contribution in [0.15, 0.2) is 18.2 Å². The summed E-state index contributed by atoms with van der Waals surface area (Å²) in [6.45, 7) is 4.17. The summed E-state index contributed by atoms with van der Waals surface area (Å²) >= 11 is 0. The molecule has 0 spiro atoms. The molecule has 0 saturated carbocycles. The lowest BCUT2D eigenvalue weighted by Crippen LogP contribution is -1.96. The first-order valence-corrected chi connectivity index (χ1v) is 4.59. The van der Waals surface area contributed by atoms with E-state index in [0.29, 0.717) is 17.9 Å². The van der Waals surface area contributed by atoms with Gasteiger partial charge < -0.3 is 0 Å². The predicted molar refractivity (Wildman–Crippen MR) is 54.6 cm³/mol. The number of nitrogens with zero attached hydrogens (tertiary/aromatic N) is 2. The van der Waals surface area contributed by atoms with Gasteiger partial charge in [-0.2, -0.15) is 10.5 Å². The van der Waals surface area contributed by atoms with Crippen LogP contribution in [0.4, 0.5) is 0 Å². The van der Waals surface area contributed by atoms with E-state index in [4.69, 9.17) is 10.5 Å². The predicted octanol–water partition coefficient (Wildman–Crippen LogP) is 2.75. The van der Waals surface area contributed by atoms with Crippen LogP contribution in [0.25, 0.3) is 0 Å². The molecule has 0 unspecified atom stereocenters. The summed E-state index contributed by atoms with van der Waals surface area (Å²) < 4.78 is 0. The molecule has 0 aliphatic rings. The van der Waals surface area contributed by atoms with E-state index in [1.807, 2.05) is 6.07 Å². The monoisotopic (exact) mass is 184 g/mol. The molecular weight excluding hydrogens is 172 g/mol. The van der Waals surface area contributed by atoms with Crippen LogP contribution in [0.2, 0.25) is 0 Å². The second-order valence-corrected chi connectivity index (χ2v) is 3.51. The highest BCUT2D eigenvalue weighted by Gasteiger charge is 2.06. The standard InChI is InChI=1S/C12H12N2/c1-9(2)12-4-3-10(8-14)7-11(12)5-6-13/h3-4,7,9H,5H2,1-2H3. The molecule has 70 valence electrons. The summed E-state index contributed by atoms with van der Waals surface area (Å²) in [5.41, 5.74) is 2.76. The Balaban J connectivity index is 3.20. The Bertz CT molecular complexity index is 405. The van der Waals surface area contributed by atoms with E-state index in [2.05, 4.69) is 26.0 Å². The highest BCUT2D eigenvalue weighted by Crippen LogP contribution is 2.20. The maximum Gasteiger partial charge on any atom is 0.0991 e. The molecule has 0 aliphatic heterocycles. The number of nitriles is 2. The van der Waals surface area contributed by atoms with Crippen LogP contribution in [0.3, 0.4) is 0 Å². The summed E-state index contributed by atoms with van der Waals surface area (Å²) in [6.07, 6.45) is 0.378. The van der Waals surface area contributed by atoms with Crippen molar-refractivity contribution in [2.45, 2.75) is 26.2 Å². The topological polar surface area (TPSA) is 47.6 Å². The van der Waals surface area contributed by atoms with Crippen LogP contribution in [0.1, 0.15) is 36.5 Å². The summed E-state index contributed by atoms with van der Waals surface area (Å²) in [7, 11) is 0. The van der Waals surface area contributed by atoms with Gasteiger partial charge in [-0.25, -0.2) is 0 Å². The fourth-order valence-corrected chi connectivity index (χ4v) is 1.48. The zero-order valence-electron chi connectivity index (χ0n) is 8.41. The van der Waals surface area contributed by atoms with Crippen LogP contribution >= 0.6 is 0 Å². The van der Waals surface area contributed by atoms with Gasteiger partial charge in [0, 0.05) is 0 Å². The average Bonchev–Trinajstić information content (AvgIpc) is 2.17. The van der Waals surface area contributed by atoms with Crippen molar-refractivity contribution in [2.24, 2.45) is 0 Å². The Hall–Kier alpha value is -1.80. The highest BCUT2D eigenvalue weighted by atomic mass is 14.3. The number of hydrogen-bond donors (Lipinski definition) is 0. The first kappa shape index (κ1) is 10.3. The molecule has 0 aliphatic carbocycles. The lowest BCUT2D eigenvalue weighted by atomic mass is 9.94. The summed E-state index contributed by atoms with van der Waals surface area (Å²) in [5, 5.41) is 17.4. The van der Waals surface area contributed by atoms with E-state index in [1.165, 1.54) is 0 Å². The maximum absolute atomic E-state index is 8.73. The molecule has 0 amide bonds. The minimum absolute atomic E-state index is 0.378. The Kier molecular flexibility index (Phi) is 3.26. The molecule has 14 heavy (non-hydrogen) atoms.